The molecule has 1 aromatic carbocycles. The van der Waals surface area contributed by atoms with Crippen LogP contribution in [0.1, 0.15) is 5.56 Å². The van der Waals surface area contributed by atoms with Crippen LogP contribution < -0.4 is 10.6 Å². The summed E-state index contributed by atoms with van der Waals surface area (Å²) < 4.78 is 1.13. The second-order valence-electron chi connectivity index (χ2n) is 3.00. The molecule has 2 rings (SSSR count). The average molecular weight is 227 g/mol. The van der Waals surface area contributed by atoms with E-state index in [2.05, 4.69) is 45.6 Å². The molecule has 0 fully saturated rings. The fraction of sp³-hybridized carbons (Fsp3) is 0.333. The van der Waals surface area contributed by atoms with Crippen molar-refractivity contribution >= 4 is 27.3 Å². The van der Waals surface area contributed by atoms with Crippen molar-refractivity contribution in [1.29, 1.82) is 0 Å². The maximum absolute atomic E-state index is 3.47. The fourth-order valence-corrected chi connectivity index (χ4v) is 2.07. The van der Waals surface area contributed by atoms with E-state index in [1.807, 2.05) is 0 Å². The molecule has 0 amide bonds. The Morgan fingerprint density at radius 3 is 2.83 bits per heavy atom. The Morgan fingerprint density at radius 2 is 2.00 bits per heavy atom. The fourth-order valence-electron chi connectivity index (χ4n) is 1.50. The number of halogens is 1. The standard InChI is InChI=1S/C9H11BrN2/c1-6-4-7(10)5-8-9(6)12-3-2-11-8/h4-5,11-12H,2-3H2,1H3. The number of fused-ring (bicyclic) bond motifs is 1. The van der Waals surface area contributed by atoms with E-state index in [1.54, 1.807) is 0 Å². The summed E-state index contributed by atoms with van der Waals surface area (Å²) in [6, 6.07) is 4.23. The highest BCUT2D eigenvalue weighted by atomic mass is 79.9. The van der Waals surface area contributed by atoms with Gasteiger partial charge in [-0.05, 0) is 24.6 Å². The van der Waals surface area contributed by atoms with E-state index in [9.17, 15) is 0 Å². The predicted molar refractivity (Wildman–Crippen MR) is 55.9 cm³/mol. The number of anilines is 2. The van der Waals surface area contributed by atoms with Crippen molar-refractivity contribution in [3.8, 4) is 0 Å². The van der Waals surface area contributed by atoms with Crippen LogP contribution in [0.3, 0.4) is 0 Å². The van der Waals surface area contributed by atoms with Gasteiger partial charge in [-0.1, -0.05) is 15.9 Å². The Morgan fingerprint density at radius 1 is 1.25 bits per heavy atom. The van der Waals surface area contributed by atoms with E-state index in [1.165, 1.54) is 16.9 Å². The zero-order chi connectivity index (χ0) is 8.55. The molecule has 0 aromatic heterocycles. The van der Waals surface area contributed by atoms with E-state index < -0.39 is 0 Å². The Bertz CT molecular complexity index is 310. The number of benzene rings is 1. The minimum Gasteiger partial charge on any atom is -0.382 e. The number of nitrogens with one attached hydrogen (secondary N) is 2. The normalized spacial score (nSPS) is 14.5. The van der Waals surface area contributed by atoms with Gasteiger partial charge in [0.1, 0.15) is 0 Å². The van der Waals surface area contributed by atoms with Crippen molar-refractivity contribution in [2.45, 2.75) is 6.92 Å². The second kappa shape index (κ2) is 2.98. The lowest BCUT2D eigenvalue weighted by Crippen LogP contribution is -2.21. The summed E-state index contributed by atoms with van der Waals surface area (Å²) in [5.41, 5.74) is 3.73. The monoisotopic (exact) mass is 226 g/mol. The topological polar surface area (TPSA) is 24.1 Å². The SMILES string of the molecule is Cc1cc(Br)cc2c1NCCN2. The molecule has 2 nitrogen and oxygen atoms in total. The maximum Gasteiger partial charge on any atom is 0.0607 e. The van der Waals surface area contributed by atoms with Gasteiger partial charge in [-0.3, -0.25) is 0 Å². The van der Waals surface area contributed by atoms with Gasteiger partial charge in [-0.15, -0.1) is 0 Å². The summed E-state index contributed by atoms with van der Waals surface area (Å²) in [5, 5.41) is 6.73. The van der Waals surface area contributed by atoms with Crippen LogP contribution in [-0.2, 0) is 0 Å². The maximum atomic E-state index is 3.47. The first-order chi connectivity index (χ1) is 5.77. The molecule has 0 atom stereocenters. The van der Waals surface area contributed by atoms with Crippen LogP contribution in [-0.4, -0.2) is 13.1 Å². The largest absolute Gasteiger partial charge is 0.382 e. The smallest absolute Gasteiger partial charge is 0.0607 e. The van der Waals surface area contributed by atoms with Gasteiger partial charge >= 0.3 is 0 Å². The molecular formula is C9H11BrN2. The lowest BCUT2D eigenvalue weighted by atomic mass is 10.1. The van der Waals surface area contributed by atoms with Gasteiger partial charge in [0, 0.05) is 17.6 Å². The van der Waals surface area contributed by atoms with Gasteiger partial charge in [-0.2, -0.15) is 0 Å². The zero-order valence-corrected chi connectivity index (χ0v) is 8.53. The van der Waals surface area contributed by atoms with Crippen molar-refractivity contribution in [3.63, 3.8) is 0 Å². The van der Waals surface area contributed by atoms with Gasteiger partial charge in [0.25, 0.3) is 0 Å². The van der Waals surface area contributed by atoms with Crippen LogP contribution in [0.2, 0.25) is 0 Å². The third-order valence-electron chi connectivity index (χ3n) is 2.04. The van der Waals surface area contributed by atoms with Crippen LogP contribution in [0.25, 0.3) is 0 Å². The summed E-state index contributed by atoms with van der Waals surface area (Å²) in [6.07, 6.45) is 0. The molecule has 0 unspecified atom stereocenters. The molecular weight excluding hydrogens is 216 g/mol. The van der Waals surface area contributed by atoms with Gasteiger partial charge in [0.15, 0.2) is 0 Å². The first-order valence-corrected chi connectivity index (χ1v) is 4.84. The second-order valence-corrected chi connectivity index (χ2v) is 3.91. The third kappa shape index (κ3) is 1.29. The summed E-state index contributed by atoms with van der Waals surface area (Å²) in [7, 11) is 0. The van der Waals surface area contributed by atoms with Crippen LogP contribution in [0.5, 0.6) is 0 Å². The predicted octanol–water partition coefficient (Wildman–Crippen LogP) is 2.59. The molecule has 0 saturated carbocycles. The highest BCUT2D eigenvalue weighted by Crippen LogP contribution is 2.31. The van der Waals surface area contributed by atoms with Crippen LogP contribution in [0, 0.1) is 6.92 Å². The average Bonchev–Trinajstić information content (AvgIpc) is 2.04. The summed E-state index contributed by atoms with van der Waals surface area (Å²) >= 11 is 3.47. The number of hydrogen-bond acceptors (Lipinski definition) is 2. The van der Waals surface area contributed by atoms with Gasteiger partial charge in [-0.25, -0.2) is 0 Å². The molecule has 0 saturated heterocycles. The Labute approximate surface area is 80.5 Å². The molecule has 0 aliphatic carbocycles. The van der Waals surface area contributed by atoms with Crippen molar-refractivity contribution in [2.75, 3.05) is 23.7 Å². The Kier molecular flexibility index (Phi) is 1.97. The van der Waals surface area contributed by atoms with Gasteiger partial charge in [0.2, 0.25) is 0 Å². The van der Waals surface area contributed by atoms with Gasteiger partial charge in [0.05, 0.1) is 11.4 Å². The molecule has 1 aromatic rings. The molecule has 2 N–H and O–H groups in total. The molecule has 1 heterocycles. The van der Waals surface area contributed by atoms with Crippen molar-refractivity contribution in [2.24, 2.45) is 0 Å². The Hall–Kier alpha value is -0.700. The van der Waals surface area contributed by atoms with Crippen LogP contribution >= 0.6 is 15.9 Å². The van der Waals surface area contributed by atoms with E-state index >= 15 is 0 Å². The lowest BCUT2D eigenvalue weighted by Gasteiger charge is -2.21. The van der Waals surface area contributed by atoms with Crippen molar-refractivity contribution in [1.82, 2.24) is 0 Å². The van der Waals surface area contributed by atoms with Crippen molar-refractivity contribution < 1.29 is 0 Å². The van der Waals surface area contributed by atoms with Crippen LogP contribution in [0.15, 0.2) is 16.6 Å². The molecule has 12 heavy (non-hydrogen) atoms. The van der Waals surface area contributed by atoms with Crippen LogP contribution in [0.4, 0.5) is 11.4 Å². The first kappa shape index (κ1) is 7.92. The summed E-state index contributed by atoms with van der Waals surface area (Å²) in [5.74, 6) is 0. The number of hydrogen-bond donors (Lipinski definition) is 2. The summed E-state index contributed by atoms with van der Waals surface area (Å²) in [4.78, 5) is 0. The van der Waals surface area contributed by atoms with Gasteiger partial charge < -0.3 is 10.6 Å². The Balaban J connectivity index is 2.53. The molecule has 1 aliphatic rings. The van der Waals surface area contributed by atoms with E-state index in [0.717, 1.165) is 17.6 Å². The zero-order valence-electron chi connectivity index (χ0n) is 6.95. The quantitative estimate of drug-likeness (QED) is 0.711. The van der Waals surface area contributed by atoms with E-state index in [4.69, 9.17) is 0 Å². The molecule has 1 aliphatic heterocycles. The number of aryl methyl sites for hydroxylation is 1. The highest BCUT2D eigenvalue weighted by molar-refractivity contribution is 9.10. The van der Waals surface area contributed by atoms with Crippen molar-refractivity contribution in [3.05, 3.63) is 22.2 Å². The molecule has 0 bridgehead atoms. The molecule has 3 heteroatoms. The highest BCUT2D eigenvalue weighted by Gasteiger charge is 2.10. The molecule has 0 spiro atoms. The minimum absolute atomic E-state index is 1.00. The molecule has 0 radical (unpaired) electrons. The number of rotatable bonds is 0. The molecule has 64 valence electrons. The van der Waals surface area contributed by atoms with E-state index in [0.29, 0.717) is 0 Å². The third-order valence-corrected chi connectivity index (χ3v) is 2.50. The first-order valence-electron chi connectivity index (χ1n) is 4.05. The van der Waals surface area contributed by atoms with E-state index in [-0.39, 0.29) is 0 Å². The minimum atomic E-state index is 1.00. The lowest BCUT2D eigenvalue weighted by molar-refractivity contribution is 1.04. The summed E-state index contributed by atoms with van der Waals surface area (Å²) in [6.45, 7) is 4.13.